The second-order valence-electron chi connectivity index (χ2n) is 9.85. The molecule has 6 nitrogen and oxygen atoms in total. The fraction of sp³-hybridized carbons (Fsp3) is 0.462. The van der Waals surface area contributed by atoms with Crippen molar-refractivity contribution in [3.63, 3.8) is 0 Å². The highest BCUT2D eigenvalue weighted by atomic mass is 16.6. The molecule has 3 saturated heterocycles. The third-order valence-electron chi connectivity index (χ3n) is 7.18. The van der Waals surface area contributed by atoms with E-state index < -0.39 is 0 Å². The van der Waals surface area contributed by atoms with Crippen LogP contribution in [0.3, 0.4) is 0 Å². The van der Waals surface area contributed by atoms with Gasteiger partial charge in [-0.1, -0.05) is 44.2 Å². The van der Waals surface area contributed by atoms with Gasteiger partial charge in [0.25, 0.3) is 0 Å². The first-order valence-electron chi connectivity index (χ1n) is 11.4. The van der Waals surface area contributed by atoms with Gasteiger partial charge in [0, 0.05) is 17.5 Å². The number of amides is 1. The molecule has 0 aromatic heterocycles. The molecule has 1 unspecified atom stereocenters. The van der Waals surface area contributed by atoms with Crippen LogP contribution >= 0.6 is 0 Å². The second-order valence-corrected chi connectivity index (χ2v) is 9.85. The van der Waals surface area contributed by atoms with Crippen molar-refractivity contribution in [2.24, 2.45) is 11.3 Å². The largest absolute Gasteiger partial charge is 0.493 e. The molecule has 2 aromatic carbocycles. The highest BCUT2D eigenvalue weighted by molar-refractivity contribution is 5.73. The smallest absolute Gasteiger partial charge is 0.407 e. The van der Waals surface area contributed by atoms with Crippen LogP contribution in [0.4, 0.5) is 4.79 Å². The minimum atomic E-state index is -0.353. The summed E-state index contributed by atoms with van der Waals surface area (Å²) >= 11 is 0. The lowest BCUT2D eigenvalue weighted by molar-refractivity contribution is -0.0361. The average Bonchev–Trinajstić information content (AvgIpc) is 2.81. The van der Waals surface area contributed by atoms with Gasteiger partial charge >= 0.3 is 6.09 Å². The second kappa shape index (κ2) is 8.14. The van der Waals surface area contributed by atoms with Crippen molar-refractivity contribution in [3.05, 3.63) is 53.6 Å². The molecule has 0 spiro atoms. The number of carbonyl (C=O) groups excluding carboxylic acids is 1. The van der Waals surface area contributed by atoms with Gasteiger partial charge in [0.2, 0.25) is 0 Å². The molecule has 2 aromatic rings. The van der Waals surface area contributed by atoms with Crippen molar-refractivity contribution in [1.29, 1.82) is 5.26 Å². The first-order valence-corrected chi connectivity index (χ1v) is 11.4. The van der Waals surface area contributed by atoms with E-state index >= 15 is 0 Å². The van der Waals surface area contributed by atoms with E-state index in [1.54, 1.807) is 0 Å². The Hall–Kier alpha value is -3.04. The van der Waals surface area contributed by atoms with E-state index in [1.165, 1.54) is 0 Å². The van der Waals surface area contributed by atoms with Gasteiger partial charge in [-0.25, -0.2) is 4.79 Å². The van der Waals surface area contributed by atoms with Crippen LogP contribution in [0.5, 0.6) is 5.75 Å². The van der Waals surface area contributed by atoms with Crippen molar-refractivity contribution in [3.8, 4) is 22.9 Å². The maximum atomic E-state index is 12.9. The predicted octanol–water partition coefficient (Wildman–Crippen LogP) is 4.51. The molecule has 2 atom stereocenters. The zero-order valence-corrected chi connectivity index (χ0v) is 18.6. The molecular formula is C26H29N3O3. The normalized spacial score (nSPS) is 27.5. The van der Waals surface area contributed by atoms with Gasteiger partial charge in [-0.15, -0.1) is 0 Å². The number of benzene rings is 2. The van der Waals surface area contributed by atoms with Crippen LogP contribution < -0.4 is 10.1 Å². The Bertz CT molecular complexity index is 1070. The Morgan fingerprint density at radius 1 is 1.22 bits per heavy atom. The van der Waals surface area contributed by atoms with Crippen LogP contribution in [0, 0.1) is 22.7 Å². The summed E-state index contributed by atoms with van der Waals surface area (Å²) in [6, 6.07) is 15.5. The number of fused-ring (bicyclic) bond motifs is 4. The van der Waals surface area contributed by atoms with E-state index in [9.17, 15) is 10.1 Å². The number of nitrogens with one attached hydrogen (secondary N) is 1. The summed E-state index contributed by atoms with van der Waals surface area (Å²) in [5.41, 5.74) is 3.07. The van der Waals surface area contributed by atoms with E-state index in [4.69, 9.17) is 9.47 Å². The summed E-state index contributed by atoms with van der Waals surface area (Å²) in [6.07, 6.45) is 1.84. The Morgan fingerprint density at radius 2 is 2.00 bits per heavy atom. The number of rotatable bonds is 3. The Balaban J connectivity index is 1.37. The number of ether oxygens (including phenoxy) is 2. The van der Waals surface area contributed by atoms with Crippen LogP contribution in [-0.4, -0.2) is 43.3 Å². The highest BCUT2D eigenvalue weighted by Gasteiger charge is 2.41. The quantitative estimate of drug-likeness (QED) is 0.774. The lowest BCUT2D eigenvalue weighted by Crippen LogP contribution is -2.53. The maximum Gasteiger partial charge on any atom is 0.407 e. The van der Waals surface area contributed by atoms with Crippen molar-refractivity contribution in [2.75, 3.05) is 26.2 Å². The van der Waals surface area contributed by atoms with Crippen LogP contribution in [0.2, 0.25) is 0 Å². The molecule has 166 valence electrons. The molecule has 0 radical (unpaired) electrons. The summed E-state index contributed by atoms with van der Waals surface area (Å²) < 4.78 is 12.0. The van der Waals surface area contributed by atoms with Gasteiger partial charge in [-0.05, 0) is 55.1 Å². The lowest BCUT2D eigenvalue weighted by atomic mass is 9.78. The zero-order valence-electron chi connectivity index (χ0n) is 18.6. The molecule has 0 saturated carbocycles. The molecule has 32 heavy (non-hydrogen) atoms. The molecule has 6 rings (SSSR count). The molecule has 4 aliphatic heterocycles. The number of nitrogens with zero attached hydrogens (tertiary/aromatic N) is 2. The van der Waals surface area contributed by atoms with Gasteiger partial charge in [0.05, 0.1) is 24.3 Å². The molecule has 1 amide bonds. The molecule has 3 fully saturated rings. The summed E-state index contributed by atoms with van der Waals surface area (Å²) in [5.74, 6) is 1.21. The van der Waals surface area contributed by atoms with E-state index in [-0.39, 0.29) is 23.7 Å². The topological polar surface area (TPSA) is 74.6 Å². The maximum absolute atomic E-state index is 12.9. The zero-order chi connectivity index (χ0) is 22.3. The number of hydrogen-bond acceptors (Lipinski definition) is 5. The monoisotopic (exact) mass is 431 g/mol. The minimum Gasteiger partial charge on any atom is -0.493 e. The highest BCUT2D eigenvalue weighted by Crippen LogP contribution is 2.44. The number of hydrogen-bond donors (Lipinski definition) is 1. The van der Waals surface area contributed by atoms with E-state index in [0.717, 1.165) is 54.9 Å². The number of piperidine rings is 3. The summed E-state index contributed by atoms with van der Waals surface area (Å²) in [7, 11) is 0. The van der Waals surface area contributed by atoms with Crippen LogP contribution in [0.1, 0.15) is 43.9 Å². The van der Waals surface area contributed by atoms with E-state index in [2.05, 4.69) is 30.1 Å². The summed E-state index contributed by atoms with van der Waals surface area (Å²) in [6.45, 7) is 7.73. The molecular weight excluding hydrogens is 402 g/mol. The Morgan fingerprint density at radius 3 is 2.72 bits per heavy atom. The summed E-state index contributed by atoms with van der Waals surface area (Å²) in [5, 5.41) is 12.6. The fourth-order valence-corrected chi connectivity index (χ4v) is 5.27. The molecule has 4 aliphatic rings. The van der Waals surface area contributed by atoms with E-state index in [0.29, 0.717) is 18.1 Å². The Labute approximate surface area is 189 Å². The van der Waals surface area contributed by atoms with Crippen LogP contribution in [0.15, 0.2) is 42.5 Å². The molecule has 4 heterocycles. The first kappa shape index (κ1) is 20.8. The lowest BCUT2D eigenvalue weighted by Gasteiger charge is -2.44. The molecule has 1 N–H and O–H groups in total. The molecule has 6 heteroatoms. The van der Waals surface area contributed by atoms with Gasteiger partial charge in [-0.3, -0.25) is 4.90 Å². The van der Waals surface area contributed by atoms with Crippen molar-refractivity contribution in [1.82, 2.24) is 10.2 Å². The SMILES string of the molecule is CC1(C)COc2cc(-c3ccccc3C#N)ccc2C1NC(=O)O[C@H]1CN2CCC1CC2. The van der Waals surface area contributed by atoms with Gasteiger partial charge in [-0.2, -0.15) is 5.26 Å². The van der Waals surface area contributed by atoms with Crippen LogP contribution in [0.25, 0.3) is 11.1 Å². The number of alkyl carbamates (subject to hydrolysis) is 1. The van der Waals surface area contributed by atoms with Crippen molar-refractivity contribution >= 4 is 6.09 Å². The van der Waals surface area contributed by atoms with Crippen molar-refractivity contribution < 1.29 is 14.3 Å². The average molecular weight is 432 g/mol. The van der Waals surface area contributed by atoms with E-state index in [1.807, 2.05) is 42.5 Å². The van der Waals surface area contributed by atoms with Gasteiger partial charge < -0.3 is 14.8 Å². The Kier molecular flexibility index (Phi) is 5.30. The third-order valence-corrected chi connectivity index (χ3v) is 7.18. The van der Waals surface area contributed by atoms with Gasteiger partial charge in [0.15, 0.2) is 0 Å². The summed E-state index contributed by atoms with van der Waals surface area (Å²) in [4.78, 5) is 15.3. The standard InChI is InChI=1S/C26H29N3O3/c1-26(2)16-31-22-13-18(20-6-4-3-5-19(20)14-27)7-8-21(22)24(26)28-25(30)32-23-15-29-11-9-17(23)10-12-29/h3-8,13,17,23-24H,9-12,15-16H2,1-2H3,(H,28,30)/t23-,24?/m0/s1. The number of nitriles is 1. The van der Waals surface area contributed by atoms with Crippen molar-refractivity contribution in [2.45, 2.75) is 38.8 Å². The van der Waals surface area contributed by atoms with Crippen LogP contribution in [-0.2, 0) is 4.74 Å². The third kappa shape index (κ3) is 3.82. The van der Waals surface area contributed by atoms with Gasteiger partial charge in [0.1, 0.15) is 11.9 Å². The fourth-order valence-electron chi connectivity index (χ4n) is 5.27. The first-order chi connectivity index (χ1) is 15.4. The number of carbonyl (C=O) groups is 1. The molecule has 2 bridgehead atoms. The molecule has 0 aliphatic carbocycles. The predicted molar refractivity (Wildman–Crippen MR) is 121 cm³/mol. The minimum absolute atomic E-state index is 0.0233.